The fourth-order valence-electron chi connectivity index (χ4n) is 3.00. The lowest BCUT2D eigenvalue weighted by Gasteiger charge is -2.37. The first-order valence-corrected chi connectivity index (χ1v) is 8.80. The number of anilines is 1. The van der Waals surface area contributed by atoms with E-state index in [-0.39, 0.29) is 24.0 Å². The van der Waals surface area contributed by atoms with Gasteiger partial charge in [-0.3, -0.25) is 0 Å². The van der Waals surface area contributed by atoms with Gasteiger partial charge in [-0.15, -0.1) is 24.0 Å². The monoisotopic (exact) mass is 470 g/mol. The normalized spacial score (nSPS) is 15.0. The summed E-state index contributed by atoms with van der Waals surface area (Å²) >= 11 is 0. The number of aliphatic imine (C=N–C) groups is 1. The van der Waals surface area contributed by atoms with Crippen LogP contribution in [0.4, 0.5) is 5.82 Å². The van der Waals surface area contributed by atoms with Gasteiger partial charge in [-0.05, 0) is 32.9 Å². The van der Waals surface area contributed by atoms with Crippen LogP contribution in [0.15, 0.2) is 33.9 Å². The molecular weight excluding hydrogens is 443 g/mol. The van der Waals surface area contributed by atoms with E-state index in [0.29, 0.717) is 6.54 Å². The van der Waals surface area contributed by atoms with Crippen molar-refractivity contribution in [3.8, 4) is 0 Å². The SMILES string of the molecule is CCNC(=NCc1c(C)noc1C)N1CCN(c2ccccn2)CC1.I. The summed E-state index contributed by atoms with van der Waals surface area (Å²) in [5, 5.41) is 7.40. The van der Waals surface area contributed by atoms with Gasteiger partial charge in [0.2, 0.25) is 0 Å². The van der Waals surface area contributed by atoms with E-state index < -0.39 is 0 Å². The average molecular weight is 470 g/mol. The fourth-order valence-corrected chi connectivity index (χ4v) is 3.00. The lowest BCUT2D eigenvalue weighted by atomic mass is 10.2. The highest BCUT2D eigenvalue weighted by Crippen LogP contribution is 2.15. The number of hydrogen-bond acceptors (Lipinski definition) is 5. The third-order valence-corrected chi connectivity index (χ3v) is 4.46. The zero-order valence-corrected chi connectivity index (χ0v) is 17.9. The summed E-state index contributed by atoms with van der Waals surface area (Å²) < 4.78 is 5.23. The number of rotatable bonds is 4. The van der Waals surface area contributed by atoms with E-state index in [2.05, 4.69) is 38.2 Å². The molecule has 3 rings (SSSR count). The van der Waals surface area contributed by atoms with Gasteiger partial charge in [0, 0.05) is 44.5 Å². The zero-order chi connectivity index (χ0) is 17.6. The Kier molecular flexibility index (Phi) is 7.67. The third-order valence-electron chi connectivity index (χ3n) is 4.46. The van der Waals surface area contributed by atoms with Crippen LogP contribution in [0.1, 0.15) is 23.9 Å². The second kappa shape index (κ2) is 9.75. The van der Waals surface area contributed by atoms with Gasteiger partial charge < -0.3 is 19.6 Å². The van der Waals surface area contributed by atoms with Crippen molar-refractivity contribution in [2.24, 2.45) is 4.99 Å². The lowest BCUT2D eigenvalue weighted by Crippen LogP contribution is -2.52. The summed E-state index contributed by atoms with van der Waals surface area (Å²) in [6, 6.07) is 6.04. The van der Waals surface area contributed by atoms with Crippen LogP contribution in [-0.2, 0) is 6.54 Å². The van der Waals surface area contributed by atoms with Gasteiger partial charge >= 0.3 is 0 Å². The quantitative estimate of drug-likeness (QED) is 0.421. The van der Waals surface area contributed by atoms with Gasteiger partial charge in [-0.25, -0.2) is 9.98 Å². The molecule has 1 aliphatic heterocycles. The van der Waals surface area contributed by atoms with Crippen LogP contribution in [0.5, 0.6) is 0 Å². The van der Waals surface area contributed by atoms with Crippen molar-refractivity contribution in [1.82, 2.24) is 20.4 Å². The molecule has 2 aromatic heterocycles. The number of halogens is 1. The molecule has 1 N–H and O–H groups in total. The standard InChI is InChI=1S/C18H26N6O.HI/c1-4-19-18(21-13-16-14(2)22-25-15(16)3)24-11-9-23(10-12-24)17-7-5-6-8-20-17;/h5-8H,4,9-13H2,1-3H3,(H,19,21);1H. The van der Waals surface area contributed by atoms with Gasteiger partial charge in [0.05, 0.1) is 12.2 Å². The predicted molar refractivity (Wildman–Crippen MR) is 114 cm³/mol. The minimum Gasteiger partial charge on any atom is -0.361 e. The van der Waals surface area contributed by atoms with Crippen molar-refractivity contribution in [3.63, 3.8) is 0 Å². The molecule has 1 saturated heterocycles. The largest absolute Gasteiger partial charge is 0.361 e. The summed E-state index contributed by atoms with van der Waals surface area (Å²) in [7, 11) is 0. The molecule has 8 heteroatoms. The first-order valence-electron chi connectivity index (χ1n) is 8.80. The molecule has 0 saturated carbocycles. The molecule has 1 fully saturated rings. The van der Waals surface area contributed by atoms with Crippen molar-refractivity contribution < 1.29 is 4.52 Å². The average Bonchev–Trinajstić information content (AvgIpc) is 2.98. The van der Waals surface area contributed by atoms with E-state index in [1.54, 1.807) is 0 Å². The molecule has 0 unspecified atom stereocenters. The maximum Gasteiger partial charge on any atom is 0.194 e. The molecule has 2 aromatic rings. The van der Waals surface area contributed by atoms with Crippen LogP contribution in [0.2, 0.25) is 0 Å². The molecule has 0 atom stereocenters. The molecule has 26 heavy (non-hydrogen) atoms. The van der Waals surface area contributed by atoms with E-state index in [1.807, 2.05) is 32.2 Å². The number of guanidine groups is 1. The number of pyridine rings is 1. The van der Waals surface area contributed by atoms with Crippen molar-refractivity contribution in [3.05, 3.63) is 41.4 Å². The second-order valence-corrected chi connectivity index (χ2v) is 6.13. The number of hydrogen-bond donors (Lipinski definition) is 1. The van der Waals surface area contributed by atoms with Crippen LogP contribution < -0.4 is 10.2 Å². The zero-order valence-electron chi connectivity index (χ0n) is 15.6. The van der Waals surface area contributed by atoms with Gasteiger partial charge in [0.15, 0.2) is 5.96 Å². The molecular formula is C18H27IN6O. The fraction of sp³-hybridized carbons (Fsp3) is 0.500. The highest BCUT2D eigenvalue weighted by Gasteiger charge is 2.20. The van der Waals surface area contributed by atoms with E-state index in [4.69, 9.17) is 9.52 Å². The number of nitrogens with one attached hydrogen (secondary N) is 1. The summed E-state index contributed by atoms with van der Waals surface area (Å²) in [4.78, 5) is 13.9. The highest BCUT2D eigenvalue weighted by atomic mass is 127. The smallest absolute Gasteiger partial charge is 0.194 e. The molecule has 0 spiro atoms. The first-order chi connectivity index (χ1) is 12.2. The van der Waals surface area contributed by atoms with Gasteiger partial charge in [0.1, 0.15) is 11.6 Å². The number of piperazine rings is 1. The maximum atomic E-state index is 5.23. The minimum atomic E-state index is 0. The van der Waals surface area contributed by atoms with Gasteiger partial charge in [0.25, 0.3) is 0 Å². The van der Waals surface area contributed by atoms with E-state index in [0.717, 1.165) is 61.5 Å². The van der Waals surface area contributed by atoms with Crippen LogP contribution >= 0.6 is 24.0 Å². The Labute approximate surface area is 171 Å². The third kappa shape index (κ3) is 4.87. The van der Waals surface area contributed by atoms with Crippen molar-refractivity contribution >= 4 is 35.8 Å². The van der Waals surface area contributed by atoms with E-state index in [1.165, 1.54) is 0 Å². The Bertz CT molecular complexity index is 690. The summed E-state index contributed by atoms with van der Waals surface area (Å²) in [6.45, 7) is 11.1. The Morgan fingerprint density at radius 3 is 2.58 bits per heavy atom. The summed E-state index contributed by atoms with van der Waals surface area (Å²) in [5.74, 6) is 2.83. The highest BCUT2D eigenvalue weighted by molar-refractivity contribution is 14.0. The summed E-state index contributed by atoms with van der Waals surface area (Å²) in [6.07, 6.45) is 1.84. The van der Waals surface area contributed by atoms with Gasteiger partial charge in [-0.1, -0.05) is 11.2 Å². The Hall–Kier alpha value is -1.84. The van der Waals surface area contributed by atoms with Crippen LogP contribution in [-0.4, -0.2) is 53.7 Å². The van der Waals surface area contributed by atoms with Crippen molar-refractivity contribution in [2.75, 3.05) is 37.6 Å². The van der Waals surface area contributed by atoms with Crippen LogP contribution in [0.3, 0.4) is 0 Å². The molecule has 1 aliphatic rings. The molecule has 7 nitrogen and oxygen atoms in total. The Morgan fingerprint density at radius 2 is 2.00 bits per heavy atom. The molecule has 0 aromatic carbocycles. The molecule has 142 valence electrons. The predicted octanol–water partition coefficient (Wildman–Crippen LogP) is 2.59. The Balaban J connectivity index is 0.00000243. The molecule has 3 heterocycles. The van der Waals surface area contributed by atoms with Crippen LogP contribution in [0, 0.1) is 13.8 Å². The summed E-state index contributed by atoms with van der Waals surface area (Å²) in [5.41, 5.74) is 1.99. The van der Waals surface area contributed by atoms with E-state index >= 15 is 0 Å². The second-order valence-electron chi connectivity index (χ2n) is 6.13. The van der Waals surface area contributed by atoms with Crippen molar-refractivity contribution in [2.45, 2.75) is 27.3 Å². The Morgan fingerprint density at radius 1 is 1.23 bits per heavy atom. The minimum absolute atomic E-state index is 0. The molecule has 0 amide bonds. The molecule has 0 radical (unpaired) electrons. The van der Waals surface area contributed by atoms with E-state index in [9.17, 15) is 0 Å². The van der Waals surface area contributed by atoms with Crippen LogP contribution in [0.25, 0.3) is 0 Å². The molecule has 0 bridgehead atoms. The first kappa shape index (κ1) is 20.5. The number of aryl methyl sites for hydroxylation is 2. The van der Waals surface area contributed by atoms with Crippen molar-refractivity contribution in [1.29, 1.82) is 0 Å². The maximum absolute atomic E-state index is 5.23. The number of aromatic nitrogens is 2. The molecule has 0 aliphatic carbocycles. The lowest BCUT2D eigenvalue weighted by molar-refractivity contribution is 0.371. The topological polar surface area (TPSA) is 69.8 Å². The number of nitrogens with zero attached hydrogens (tertiary/aromatic N) is 5. The van der Waals surface area contributed by atoms with Gasteiger partial charge in [-0.2, -0.15) is 0 Å².